The Morgan fingerprint density at radius 3 is 1.69 bits per heavy atom. The Morgan fingerprint density at radius 1 is 0.875 bits per heavy atom. The molecule has 2 N–H and O–H groups in total. The van der Waals surface area contributed by atoms with Gasteiger partial charge < -0.3 is 9.97 Å². The van der Waals surface area contributed by atoms with E-state index < -0.39 is 0 Å². The molecule has 2 heterocycles. The fraction of sp³-hybridized carbons (Fsp3) is 0.333. The van der Waals surface area contributed by atoms with Gasteiger partial charge in [0.1, 0.15) is 22.7 Å². The van der Waals surface area contributed by atoms with Crippen molar-refractivity contribution in [2.45, 2.75) is 26.7 Å². The van der Waals surface area contributed by atoms with E-state index in [2.05, 4.69) is 45.9 Å². The zero-order valence-electron chi connectivity index (χ0n) is 9.46. The van der Waals surface area contributed by atoms with E-state index in [1.807, 2.05) is 0 Å². The van der Waals surface area contributed by atoms with Crippen LogP contribution in [0.1, 0.15) is 25.5 Å². The van der Waals surface area contributed by atoms with Gasteiger partial charge >= 0.3 is 0 Å². The molecule has 0 saturated heterocycles. The molecule has 0 unspecified atom stereocenters. The van der Waals surface area contributed by atoms with Crippen molar-refractivity contribution in [2.75, 3.05) is 0 Å². The van der Waals surface area contributed by atoms with E-state index in [1.54, 1.807) is 0 Å². The Kier molecular flexibility index (Phi) is 1.96. The van der Waals surface area contributed by atoms with Gasteiger partial charge in [0, 0.05) is 12.8 Å². The Balaban J connectivity index is 2.37. The second-order valence-electron chi connectivity index (χ2n) is 3.93. The lowest BCUT2D eigenvalue weighted by Crippen LogP contribution is -1.81. The average molecular weight is 214 g/mol. The van der Waals surface area contributed by atoms with Crippen LogP contribution in [0.5, 0.6) is 0 Å². The van der Waals surface area contributed by atoms with Crippen molar-refractivity contribution in [2.24, 2.45) is 0 Å². The summed E-state index contributed by atoms with van der Waals surface area (Å²) in [5.41, 5.74) is 4.09. The molecule has 0 aliphatic heterocycles. The molecule has 16 heavy (non-hydrogen) atoms. The maximum Gasteiger partial charge on any atom is 0.116 e. The number of aryl methyl sites for hydroxylation is 2. The first-order valence-corrected chi connectivity index (χ1v) is 5.68. The van der Waals surface area contributed by atoms with Gasteiger partial charge in [0.05, 0.1) is 11.0 Å². The highest BCUT2D eigenvalue weighted by Crippen LogP contribution is 2.22. The predicted molar refractivity (Wildman–Crippen MR) is 64.5 cm³/mol. The van der Waals surface area contributed by atoms with Gasteiger partial charge in [0.2, 0.25) is 0 Å². The third-order valence-corrected chi connectivity index (χ3v) is 2.87. The van der Waals surface area contributed by atoms with Crippen molar-refractivity contribution >= 4 is 22.1 Å². The number of imidazole rings is 2. The summed E-state index contributed by atoms with van der Waals surface area (Å²) in [6.45, 7) is 4.19. The van der Waals surface area contributed by atoms with Crippen molar-refractivity contribution < 1.29 is 0 Å². The summed E-state index contributed by atoms with van der Waals surface area (Å²) in [7, 11) is 0. The van der Waals surface area contributed by atoms with Crippen LogP contribution in [0.25, 0.3) is 22.1 Å². The zero-order chi connectivity index (χ0) is 11.1. The maximum absolute atomic E-state index is 4.57. The van der Waals surface area contributed by atoms with Crippen LogP contribution in [0.15, 0.2) is 12.1 Å². The first-order chi connectivity index (χ1) is 7.81. The number of nitrogens with zero attached hydrogens (tertiary/aromatic N) is 2. The topological polar surface area (TPSA) is 57.4 Å². The summed E-state index contributed by atoms with van der Waals surface area (Å²) in [5.74, 6) is 2.03. The number of hydrogen-bond donors (Lipinski definition) is 2. The number of hydrogen-bond acceptors (Lipinski definition) is 2. The van der Waals surface area contributed by atoms with Crippen molar-refractivity contribution in [1.29, 1.82) is 0 Å². The van der Waals surface area contributed by atoms with E-state index in [9.17, 15) is 0 Å². The number of aromatic nitrogens is 4. The van der Waals surface area contributed by atoms with Crippen LogP contribution < -0.4 is 0 Å². The standard InChI is InChI=1S/C12H14N4/c1-3-9-13-7-5-6-8-12(11(7)15-9)16-10(4-2)14-8/h5-6H,3-4H2,1-2H3,(H,13,15)(H,14,16). The molecule has 0 saturated carbocycles. The maximum atomic E-state index is 4.57. The van der Waals surface area contributed by atoms with Gasteiger partial charge in [-0.25, -0.2) is 9.97 Å². The molecule has 0 aliphatic rings. The first kappa shape index (κ1) is 9.39. The van der Waals surface area contributed by atoms with Crippen LogP contribution in [0, 0.1) is 0 Å². The van der Waals surface area contributed by atoms with Crippen LogP contribution in [-0.4, -0.2) is 19.9 Å². The van der Waals surface area contributed by atoms with E-state index in [4.69, 9.17) is 0 Å². The van der Waals surface area contributed by atoms with Crippen LogP contribution in [-0.2, 0) is 12.8 Å². The van der Waals surface area contributed by atoms with E-state index in [0.717, 1.165) is 46.6 Å². The fourth-order valence-electron chi connectivity index (χ4n) is 1.98. The van der Waals surface area contributed by atoms with Crippen molar-refractivity contribution in [3.8, 4) is 0 Å². The summed E-state index contributed by atoms with van der Waals surface area (Å²) in [6.07, 6.45) is 1.84. The highest BCUT2D eigenvalue weighted by atomic mass is 15.0. The minimum absolute atomic E-state index is 0.918. The molecule has 0 radical (unpaired) electrons. The predicted octanol–water partition coefficient (Wildman–Crippen LogP) is 2.56. The first-order valence-electron chi connectivity index (χ1n) is 5.68. The zero-order valence-corrected chi connectivity index (χ0v) is 9.46. The Labute approximate surface area is 93.1 Å². The minimum Gasteiger partial charge on any atom is -0.342 e. The summed E-state index contributed by atoms with van der Waals surface area (Å²) >= 11 is 0. The molecular weight excluding hydrogens is 200 g/mol. The number of benzene rings is 1. The lowest BCUT2D eigenvalue weighted by atomic mass is 10.3. The van der Waals surface area contributed by atoms with Gasteiger partial charge in [-0.05, 0) is 12.1 Å². The van der Waals surface area contributed by atoms with Gasteiger partial charge in [-0.15, -0.1) is 0 Å². The number of rotatable bonds is 2. The normalized spacial score (nSPS) is 11.6. The molecule has 3 rings (SSSR count). The molecule has 1 aromatic carbocycles. The van der Waals surface area contributed by atoms with E-state index in [1.165, 1.54) is 0 Å². The summed E-state index contributed by atoms with van der Waals surface area (Å²) in [4.78, 5) is 15.7. The van der Waals surface area contributed by atoms with Crippen LogP contribution >= 0.6 is 0 Å². The van der Waals surface area contributed by atoms with Gasteiger partial charge in [-0.2, -0.15) is 0 Å². The van der Waals surface area contributed by atoms with Crippen LogP contribution in [0.4, 0.5) is 0 Å². The monoisotopic (exact) mass is 214 g/mol. The molecule has 4 heteroatoms. The molecule has 4 nitrogen and oxygen atoms in total. The van der Waals surface area contributed by atoms with Crippen molar-refractivity contribution in [3.63, 3.8) is 0 Å². The molecule has 0 aliphatic carbocycles. The molecule has 0 atom stereocenters. The highest BCUT2D eigenvalue weighted by molar-refractivity contribution is 6.00. The van der Waals surface area contributed by atoms with Gasteiger partial charge in [-0.3, -0.25) is 0 Å². The third-order valence-electron chi connectivity index (χ3n) is 2.87. The van der Waals surface area contributed by atoms with Crippen molar-refractivity contribution in [3.05, 3.63) is 23.8 Å². The van der Waals surface area contributed by atoms with Gasteiger partial charge in [0.15, 0.2) is 0 Å². The van der Waals surface area contributed by atoms with Crippen molar-refractivity contribution in [1.82, 2.24) is 19.9 Å². The van der Waals surface area contributed by atoms with Gasteiger partial charge in [0.25, 0.3) is 0 Å². The molecular formula is C12H14N4. The van der Waals surface area contributed by atoms with E-state index in [0.29, 0.717) is 0 Å². The Hall–Kier alpha value is -1.84. The molecule has 82 valence electrons. The van der Waals surface area contributed by atoms with E-state index in [-0.39, 0.29) is 0 Å². The third kappa shape index (κ3) is 1.23. The number of fused-ring (bicyclic) bond motifs is 3. The second kappa shape index (κ2) is 3.33. The summed E-state index contributed by atoms with van der Waals surface area (Å²) < 4.78 is 0. The van der Waals surface area contributed by atoms with Crippen LogP contribution in [0.3, 0.4) is 0 Å². The Morgan fingerprint density at radius 2 is 1.31 bits per heavy atom. The Bertz CT molecular complexity index is 590. The van der Waals surface area contributed by atoms with Crippen LogP contribution in [0.2, 0.25) is 0 Å². The average Bonchev–Trinajstić information content (AvgIpc) is 2.90. The molecule has 0 spiro atoms. The highest BCUT2D eigenvalue weighted by Gasteiger charge is 2.09. The quantitative estimate of drug-likeness (QED) is 0.688. The van der Waals surface area contributed by atoms with Gasteiger partial charge in [-0.1, -0.05) is 13.8 Å². The number of nitrogens with one attached hydrogen (secondary N) is 2. The fourth-order valence-corrected chi connectivity index (χ4v) is 1.98. The smallest absolute Gasteiger partial charge is 0.116 e. The summed E-state index contributed by atoms with van der Waals surface area (Å²) in [5, 5.41) is 0. The number of aromatic amines is 2. The lowest BCUT2D eigenvalue weighted by molar-refractivity contribution is 0.995. The molecule has 0 fully saturated rings. The summed E-state index contributed by atoms with van der Waals surface area (Å²) in [6, 6.07) is 4.11. The number of H-pyrrole nitrogens is 2. The molecule has 0 amide bonds. The van der Waals surface area contributed by atoms with E-state index >= 15 is 0 Å². The molecule has 2 aromatic heterocycles. The SMILES string of the molecule is CCc1nc2c(ccc3[nH]c(CC)nc32)[nH]1. The lowest BCUT2D eigenvalue weighted by Gasteiger charge is -1.88. The molecule has 3 aromatic rings. The molecule has 0 bridgehead atoms. The second-order valence-corrected chi connectivity index (χ2v) is 3.93. The minimum atomic E-state index is 0.918. The largest absolute Gasteiger partial charge is 0.342 e.